The Labute approximate surface area is 572 Å². The molecule has 0 saturated heterocycles. The van der Waals surface area contributed by atoms with Crippen molar-refractivity contribution in [1.82, 2.24) is 4.98 Å². The molecule has 0 atom stereocenters. The summed E-state index contributed by atoms with van der Waals surface area (Å²) in [7, 11) is 4.76. The maximum Gasteiger partial charge on any atom is 2.00 e. The van der Waals surface area contributed by atoms with Crippen molar-refractivity contribution in [1.29, 1.82) is 5.59 Å². The van der Waals surface area contributed by atoms with E-state index >= 15 is 0 Å². The van der Waals surface area contributed by atoms with Crippen molar-refractivity contribution in [3.05, 3.63) is 337 Å². The Balaban J connectivity index is 0.000000210. The number of halogens is 3. The second-order valence-corrected chi connectivity index (χ2v) is 24.3. The first-order valence-electron chi connectivity index (χ1n) is 29.5. The largest absolute Gasteiger partial charge is 2.00 e. The van der Waals surface area contributed by atoms with E-state index in [1.165, 1.54) is 60.8 Å². The van der Waals surface area contributed by atoms with Crippen molar-refractivity contribution >= 4 is 54.8 Å². The van der Waals surface area contributed by atoms with Gasteiger partial charge in [0, 0.05) is 38.0 Å². The van der Waals surface area contributed by atoms with E-state index in [0.717, 1.165) is 103 Å². The summed E-state index contributed by atoms with van der Waals surface area (Å²) in [4.78, 5) is 33.9. The third-order valence-electron chi connectivity index (χ3n) is 17.7. The summed E-state index contributed by atoms with van der Waals surface area (Å²) in [6.45, 7) is 18.2. The Hall–Kier alpha value is -7.74. The topological polar surface area (TPSA) is 114 Å². The standard InChI is InChI=1S/C39H34N2.C38H32N3.ClH.F2O.HNO.3Zn/c1-38(2)30-16-11-17-31(25-30)39(3,4)35-23-21-33(41-35)37(27-14-9-6-10-15-27)29-19-18-28(24-29)36(26-12-7-5-8-13-26)32-20-22-34(38)40-32;1-37(2)27-16-11-17-28(24-27)38(3,4)34-23-21-32(41-34)36(26-14-9-6-10-15-26)30-19-18-29(39-30)35(25-12-7-5-8-13-25)31-20-22-33(37)40-31;;1-3-2;1-2;;;/h5-23,25H,24H2,1-4H3;5-24H,1-4H3;1H;;1H;;;/q;-1;;;;3*+2/p-1/b36-32-,37-33-;;;;;;;. The SMILES string of the molecule is CC1(C)C2=N/C(=C(/c3ccccc3)C3=CC=C(C3)/C(c3ccccc3)=C3/C=CC(=N3)C(C)(C)c3cccc1c3)C=C2.CC1(C)C2=NC(=C(c3ccccc3)c3ccc([n-]3)C(c3ccccc3)=C3C=CC(=N3)C(C)(C)c3cccc1c3)C=C2.FOF.N=O.[Cl][Zn+].[Zn+2].[Zn+2]. The van der Waals surface area contributed by atoms with Crippen molar-refractivity contribution in [2.45, 2.75) is 83.5 Å². The molecular weight excluding hydrogens is 1310 g/mol. The fourth-order valence-corrected chi connectivity index (χ4v) is 12.4. The van der Waals surface area contributed by atoms with Crippen molar-refractivity contribution in [2.24, 2.45) is 20.0 Å². The average molecular weight is 1380 g/mol. The Morgan fingerprint density at radius 3 is 0.890 bits per heavy atom. The van der Waals surface area contributed by atoms with Crippen LogP contribution in [0, 0.1) is 10.5 Å². The number of hydrogen-bond donors (Lipinski definition) is 1. The summed E-state index contributed by atoms with van der Waals surface area (Å²) < 4.78 is 18.2. The van der Waals surface area contributed by atoms with Crippen LogP contribution in [0.3, 0.4) is 0 Å². The summed E-state index contributed by atoms with van der Waals surface area (Å²) in [5, 5.41) is 1.25. The number of hydrogen-bond acceptors (Lipinski definition) is 7. The molecule has 440 valence electrons. The van der Waals surface area contributed by atoms with Gasteiger partial charge in [-0.3, -0.25) is 20.0 Å². The molecule has 0 unspecified atom stereocenters. The van der Waals surface area contributed by atoms with Gasteiger partial charge in [0.15, 0.2) is 0 Å². The van der Waals surface area contributed by atoms with Crippen LogP contribution in [0.4, 0.5) is 9.05 Å². The number of nitroso groups, excluding NO2 is 1. The molecule has 1 aliphatic carbocycles. The predicted octanol–water partition coefficient (Wildman–Crippen LogP) is 19.6. The van der Waals surface area contributed by atoms with Gasteiger partial charge in [-0.2, -0.15) is 4.91 Å². The molecule has 14 rings (SSSR count). The van der Waals surface area contributed by atoms with Crippen LogP contribution in [0.25, 0.3) is 22.3 Å². The Kier molecular flexibility index (Phi) is 22.6. The zero-order chi connectivity index (χ0) is 63.1. The molecule has 1 aromatic heterocycles. The molecule has 14 heteroatoms. The van der Waals surface area contributed by atoms with E-state index in [2.05, 4.69) is 292 Å². The molecule has 6 aliphatic heterocycles. The second-order valence-electron chi connectivity index (χ2n) is 24.3. The molecule has 91 heavy (non-hydrogen) atoms. The van der Waals surface area contributed by atoms with Gasteiger partial charge >= 0.3 is 66.0 Å². The van der Waals surface area contributed by atoms with Gasteiger partial charge in [0.1, 0.15) is 0 Å². The summed E-state index contributed by atoms with van der Waals surface area (Å²) >= 11 is 0.847. The van der Waals surface area contributed by atoms with E-state index in [0.29, 0.717) is 0 Å². The molecule has 16 bridgehead atoms. The maximum absolute atomic E-state index is 9.12. The van der Waals surface area contributed by atoms with Crippen LogP contribution < -0.4 is 4.98 Å². The van der Waals surface area contributed by atoms with Crippen LogP contribution in [-0.4, -0.2) is 22.8 Å². The Morgan fingerprint density at radius 2 is 0.626 bits per heavy atom. The molecule has 0 radical (unpaired) electrons. The first-order valence-corrected chi connectivity index (χ1v) is 33.4. The number of fused-ring (bicyclic) bond motifs is 12. The smallest absolute Gasteiger partial charge is 2.00 e. The number of aromatic nitrogens is 1. The third-order valence-corrected chi connectivity index (χ3v) is 17.7. The van der Waals surface area contributed by atoms with Crippen LogP contribution in [-0.2, 0) is 83.1 Å². The molecule has 0 saturated carbocycles. The van der Waals surface area contributed by atoms with Crippen molar-refractivity contribution in [2.75, 3.05) is 0 Å². The minimum atomic E-state index is -0.285. The Bertz CT molecular complexity index is 4050. The number of nitrogens with one attached hydrogen (secondary N) is 1. The molecule has 7 heterocycles. The first-order chi connectivity index (χ1) is 43.1. The molecule has 7 aliphatic rings. The molecule has 0 fully saturated rings. The normalized spacial score (nSPS) is 19.4. The van der Waals surface area contributed by atoms with E-state index in [-0.39, 0.29) is 60.6 Å². The molecule has 1 N–H and O–H groups in total. The van der Waals surface area contributed by atoms with Gasteiger partial charge in [0.25, 0.3) is 0 Å². The monoisotopic (exact) mass is 1370 g/mol. The van der Waals surface area contributed by atoms with E-state index in [4.69, 9.17) is 48.6 Å². The van der Waals surface area contributed by atoms with Gasteiger partial charge in [0.05, 0.1) is 45.6 Å². The third kappa shape index (κ3) is 14.0. The molecule has 0 spiro atoms. The minimum Gasteiger partial charge on any atom is 2.00 e. The van der Waals surface area contributed by atoms with Crippen LogP contribution in [0.2, 0.25) is 0 Å². The van der Waals surface area contributed by atoms with Gasteiger partial charge in [-0.15, -0.1) is 11.4 Å². The van der Waals surface area contributed by atoms with E-state index in [1.54, 1.807) is 0 Å². The predicted molar refractivity (Wildman–Crippen MR) is 359 cm³/mol. The maximum atomic E-state index is 9.12. The zero-order valence-corrected chi connectivity index (χ0v) is 62.3. The van der Waals surface area contributed by atoms with Gasteiger partial charge in [0.2, 0.25) is 0 Å². The molecule has 7 aromatic rings. The Morgan fingerprint density at radius 1 is 0.385 bits per heavy atom. The molecular formula is C77H67ClF2N6O2Zn3+4. The summed E-state index contributed by atoms with van der Waals surface area (Å²) in [5.41, 5.74) is 30.0. The molecule has 6 aromatic carbocycles. The number of allylic oxidation sites excluding steroid dienone is 14. The van der Waals surface area contributed by atoms with Crippen LogP contribution in [0.5, 0.6) is 0 Å². The van der Waals surface area contributed by atoms with Crippen LogP contribution >= 0.6 is 9.69 Å². The number of benzene rings is 6. The molecule has 0 amide bonds. The summed E-state index contributed by atoms with van der Waals surface area (Å²) in [5.74, 6) is 0. The van der Waals surface area contributed by atoms with Crippen molar-refractivity contribution in [3.8, 4) is 0 Å². The second kappa shape index (κ2) is 29.7. The number of aliphatic imine (C=N–C) groups is 4. The van der Waals surface area contributed by atoms with E-state index in [1.807, 2.05) is 12.1 Å². The first kappa shape index (κ1) is 69.2. The quantitative estimate of drug-likeness (QED) is 0.140. The number of rotatable bonds is 4. The fraction of sp³-hybridized carbons (Fsp3) is 0.169. The van der Waals surface area contributed by atoms with Crippen molar-refractivity contribution < 1.29 is 70.5 Å². The van der Waals surface area contributed by atoms with Gasteiger partial charge in [-0.25, -0.2) is 0 Å². The van der Waals surface area contributed by atoms with E-state index in [9.17, 15) is 0 Å². The van der Waals surface area contributed by atoms with Crippen LogP contribution in [0.15, 0.2) is 297 Å². The van der Waals surface area contributed by atoms with Gasteiger partial charge in [-0.05, 0) is 131 Å². The average Bonchev–Trinajstić information content (AvgIpc) is 1.71. The van der Waals surface area contributed by atoms with Crippen LogP contribution in [0.1, 0.15) is 118 Å². The number of nitrogens with zero attached hydrogens (tertiary/aromatic N) is 5. The minimum absolute atomic E-state index is 0. The van der Waals surface area contributed by atoms with E-state index < -0.39 is 0 Å². The van der Waals surface area contributed by atoms with Crippen molar-refractivity contribution in [3.63, 3.8) is 0 Å². The summed E-state index contributed by atoms with van der Waals surface area (Å²) in [6.07, 6.45) is 22.9. The van der Waals surface area contributed by atoms with Gasteiger partial charge in [-0.1, -0.05) is 255 Å². The molecule has 8 nitrogen and oxygen atoms in total. The summed E-state index contributed by atoms with van der Waals surface area (Å²) in [6, 6.07) is 64.5. The van der Waals surface area contributed by atoms with Gasteiger partial charge < -0.3 is 4.98 Å². The zero-order valence-electron chi connectivity index (χ0n) is 52.6. The fourth-order valence-electron chi connectivity index (χ4n) is 12.4.